The predicted molar refractivity (Wildman–Crippen MR) is 86.5 cm³/mol. The van der Waals surface area contributed by atoms with Crippen LogP contribution in [0.25, 0.3) is 0 Å². The summed E-state index contributed by atoms with van der Waals surface area (Å²) in [6.45, 7) is 3.64. The summed E-state index contributed by atoms with van der Waals surface area (Å²) in [6, 6.07) is 2.82. The monoisotopic (exact) mass is 338 g/mol. The highest BCUT2D eigenvalue weighted by Crippen LogP contribution is 2.25. The highest BCUT2D eigenvalue weighted by molar-refractivity contribution is 8.00. The second kappa shape index (κ2) is 7.37. The number of aliphatic imine (C=N–C) groups is 1. The first-order valence-corrected chi connectivity index (χ1v) is 8.32. The fraction of sp³-hybridized carbons (Fsp3) is 0.286. The van der Waals surface area contributed by atoms with Crippen molar-refractivity contribution in [1.29, 1.82) is 0 Å². The Morgan fingerprint density at radius 3 is 2.95 bits per heavy atom. The standard InChI is InChI=1S/C14H14N2O4S2/c1-8-7-22-13(16-12(8)14(19)20)10(6-17)15-11(18)5-9-3-2-4-21-9/h2-4,6,10,13H,1,5,7H2,(H,15,18)(H,19,20)/t10-,13+/m1/s1. The lowest BCUT2D eigenvalue weighted by Crippen LogP contribution is -2.45. The van der Waals surface area contributed by atoms with Gasteiger partial charge in [-0.2, -0.15) is 0 Å². The Labute approximate surface area is 135 Å². The topological polar surface area (TPSA) is 95.8 Å². The van der Waals surface area contributed by atoms with Crippen LogP contribution in [0.2, 0.25) is 0 Å². The first-order chi connectivity index (χ1) is 10.5. The predicted octanol–water partition coefficient (Wildman–Crippen LogP) is 1.13. The minimum atomic E-state index is -1.18. The van der Waals surface area contributed by atoms with Gasteiger partial charge in [0.25, 0.3) is 0 Å². The number of aldehydes is 1. The average Bonchev–Trinajstić information content (AvgIpc) is 2.98. The van der Waals surface area contributed by atoms with E-state index >= 15 is 0 Å². The van der Waals surface area contributed by atoms with Crippen LogP contribution in [-0.2, 0) is 20.8 Å². The number of aliphatic carboxylic acids is 1. The molecule has 0 radical (unpaired) electrons. The van der Waals surface area contributed by atoms with Gasteiger partial charge in [0.1, 0.15) is 23.4 Å². The van der Waals surface area contributed by atoms with Gasteiger partial charge < -0.3 is 15.2 Å². The van der Waals surface area contributed by atoms with Crippen molar-refractivity contribution in [3.8, 4) is 0 Å². The number of thiophene rings is 1. The first kappa shape index (κ1) is 16.4. The number of carboxylic acid groups (broad SMARTS) is 1. The summed E-state index contributed by atoms with van der Waals surface area (Å²) in [4.78, 5) is 39.2. The number of amides is 1. The third kappa shape index (κ3) is 4.05. The molecule has 116 valence electrons. The fourth-order valence-corrected chi connectivity index (χ4v) is 3.61. The normalized spacial score (nSPS) is 19.2. The number of rotatable bonds is 6. The summed E-state index contributed by atoms with van der Waals surface area (Å²) in [5.74, 6) is -1.11. The van der Waals surface area contributed by atoms with Gasteiger partial charge in [-0.25, -0.2) is 4.79 Å². The molecule has 6 nitrogen and oxygen atoms in total. The summed E-state index contributed by atoms with van der Waals surface area (Å²) < 4.78 is 0. The molecular weight excluding hydrogens is 324 g/mol. The number of carbonyl (C=O) groups excluding carboxylic acids is 2. The van der Waals surface area contributed by atoms with E-state index in [0.29, 0.717) is 17.6 Å². The van der Waals surface area contributed by atoms with Crippen LogP contribution in [-0.4, -0.2) is 46.1 Å². The lowest BCUT2D eigenvalue weighted by atomic mass is 10.2. The SMILES string of the molecule is C=C1CS[C@@H]([C@@H](C=O)NC(=O)Cc2cccs2)N=C1C(=O)O. The van der Waals surface area contributed by atoms with E-state index < -0.39 is 17.4 Å². The summed E-state index contributed by atoms with van der Waals surface area (Å²) in [6.07, 6.45) is 0.767. The molecule has 8 heteroatoms. The molecule has 0 saturated heterocycles. The van der Waals surface area contributed by atoms with Crippen molar-refractivity contribution in [3.05, 3.63) is 34.5 Å². The molecule has 0 saturated carbocycles. The number of carbonyl (C=O) groups is 3. The fourth-order valence-electron chi connectivity index (χ4n) is 1.88. The van der Waals surface area contributed by atoms with Crippen LogP contribution in [0.15, 0.2) is 34.7 Å². The number of hydrogen-bond acceptors (Lipinski definition) is 6. The maximum atomic E-state index is 11.9. The van der Waals surface area contributed by atoms with Crippen LogP contribution in [0.1, 0.15) is 4.88 Å². The Hall–Kier alpha value is -1.93. The molecule has 2 N–H and O–H groups in total. The van der Waals surface area contributed by atoms with Crippen LogP contribution in [0.5, 0.6) is 0 Å². The Balaban J connectivity index is 2.05. The lowest BCUT2D eigenvalue weighted by Gasteiger charge is -2.24. The molecule has 0 fully saturated rings. The zero-order valence-electron chi connectivity index (χ0n) is 11.5. The maximum absolute atomic E-state index is 11.9. The average molecular weight is 338 g/mol. The van der Waals surface area contributed by atoms with E-state index in [1.165, 1.54) is 23.1 Å². The molecule has 1 aromatic heterocycles. The van der Waals surface area contributed by atoms with Gasteiger partial charge in [0.2, 0.25) is 5.91 Å². The van der Waals surface area contributed by atoms with Gasteiger partial charge in [0.15, 0.2) is 0 Å². The molecule has 2 atom stereocenters. The van der Waals surface area contributed by atoms with Crippen molar-refractivity contribution < 1.29 is 19.5 Å². The zero-order valence-corrected chi connectivity index (χ0v) is 13.2. The van der Waals surface area contributed by atoms with Crippen LogP contribution in [0.4, 0.5) is 0 Å². The van der Waals surface area contributed by atoms with E-state index in [1.807, 2.05) is 17.5 Å². The quantitative estimate of drug-likeness (QED) is 0.758. The number of thioether (sulfide) groups is 1. The minimum absolute atomic E-state index is 0.136. The highest BCUT2D eigenvalue weighted by atomic mass is 32.2. The van der Waals surface area contributed by atoms with Gasteiger partial charge in [0.05, 0.1) is 6.42 Å². The molecule has 1 aliphatic heterocycles. The number of carboxylic acids is 1. The molecule has 2 heterocycles. The van der Waals surface area contributed by atoms with Gasteiger partial charge >= 0.3 is 5.97 Å². The molecule has 22 heavy (non-hydrogen) atoms. The summed E-state index contributed by atoms with van der Waals surface area (Å²) in [5, 5.41) is 12.9. The summed E-state index contributed by atoms with van der Waals surface area (Å²) >= 11 is 2.74. The molecule has 0 aliphatic carbocycles. The van der Waals surface area contributed by atoms with Gasteiger partial charge in [-0.15, -0.1) is 23.1 Å². The third-order valence-corrected chi connectivity index (χ3v) is 5.05. The van der Waals surface area contributed by atoms with E-state index in [-0.39, 0.29) is 18.0 Å². The van der Waals surface area contributed by atoms with Crippen molar-refractivity contribution in [2.45, 2.75) is 17.8 Å². The van der Waals surface area contributed by atoms with Crippen LogP contribution in [0.3, 0.4) is 0 Å². The Morgan fingerprint density at radius 2 is 2.36 bits per heavy atom. The first-order valence-electron chi connectivity index (χ1n) is 6.39. The van der Waals surface area contributed by atoms with E-state index in [9.17, 15) is 14.4 Å². The molecule has 1 aromatic rings. The van der Waals surface area contributed by atoms with Crippen molar-refractivity contribution in [3.63, 3.8) is 0 Å². The largest absolute Gasteiger partial charge is 0.477 e. The van der Waals surface area contributed by atoms with Gasteiger partial charge in [-0.3, -0.25) is 9.79 Å². The van der Waals surface area contributed by atoms with Crippen molar-refractivity contribution in [2.24, 2.45) is 4.99 Å². The minimum Gasteiger partial charge on any atom is -0.477 e. The summed E-state index contributed by atoms with van der Waals surface area (Å²) in [7, 11) is 0. The molecule has 2 rings (SSSR count). The van der Waals surface area contributed by atoms with Crippen LogP contribution >= 0.6 is 23.1 Å². The molecule has 1 amide bonds. The van der Waals surface area contributed by atoms with Gasteiger partial charge in [0, 0.05) is 10.6 Å². The number of hydrogen-bond donors (Lipinski definition) is 2. The molecule has 0 unspecified atom stereocenters. The van der Waals surface area contributed by atoms with Gasteiger partial charge in [-0.05, 0) is 17.0 Å². The molecule has 1 aliphatic rings. The van der Waals surface area contributed by atoms with Gasteiger partial charge in [-0.1, -0.05) is 12.6 Å². The van der Waals surface area contributed by atoms with E-state index in [1.54, 1.807) is 0 Å². The summed E-state index contributed by atoms with van der Waals surface area (Å²) in [5.41, 5.74) is 0.270. The maximum Gasteiger partial charge on any atom is 0.354 e. The Kier molecular flexibility index (Phi) is 5.51. The molecule has 0 bridgehead atoms. The highest BCUT2D eigenvalue weighted by Gasteiger charge is 2.29. The van der Waals surface area contributed by atoms with Crippen molar-refractivity contribution >= 4 is 47.0 Å². The van der Waals surface area contributed by atoms with E-state index in [4.69, 9.17) is 5.11 Å². The van der Waals surface area contributed by atoms with Crippen molar-refractivity contribution in [1.82, 2.24) is 5.32 Å². The van der Waals surface area contributed by atoms with Crippen LogP contribution < -0.4 is 5.32 Å². The Morgan fingerprint density at radius 1 is 1.59 bits per heavy atom. The molecular formula is C14H14N2O4S2. The van der Waals surface area contributed by atoms with E-state index in [2.05, 4.69) is 16.9 Å². The Bertz CT molecular complexity index is 625. The second-order valence-electron chi connectivity index (χ2n) is 4.57. The van der Waals surface area contributed by atoms with E-state index in [0.717, 1.165) is 4.88 Å². The second-order valence-corrected chi connectivity index (χ2v) is 6.71. The third-order valence-electron chi connectivity index (χ3n) is 2.92. The van der Waals surface area contributed by atoms with Crippen LogP contribution in [0, 0.1) is 0 Å². The molecule has 0 aromatic carbocycles. The smallest absolute Gasteiger partial charge is 0.354 e. The number of nitrogens with zero attached hydrogens (tertiary/aromatic N) is 1. The molecule has 0 spiro atoms. The zero-order chi connectivity index (χ0) is 16.1. The lowest BCUT2D eigenvalue weighted by molar-refractivity contribution is -0.129. The van der Waals surface area contributed by atoms with Crippen molar-refractivity contribution in [2.75, 3.05) is 5.75 Å². The number of nitrogens with one attached hydrogen (secondary N) is 1.